The van der Waals surface area contributed by atoms with Crippen LogP contribution in [0.3, 0.4) is 0 Å². The quantitative estimate of drug-likeness (QED) is 0.772. The fraction of sp³-hybridized carbons (Fsp3) is 0.533. The van der Waals surface area contributed by atoms with Gasteiger partial charge in [-0.1, -0.05) is 6.07 Å². The summed E-state index contributed by atoms with van der Waals surface area (Å²) in [4.78, 5) is 13.8. The average Bonchev–Trinajstić information content (AvgIpc) is 2.95. The van der Waals surface area contributed by atoms with Crippen LogP contribution in [0.2, 0.25) is 0 Å². The summed E-state index contributed by atoms with van der Waals surface area (Å²) >= 11 is 0. The van der Waals surface area contributed by atoms with Gasteiger partial charge in [-0.15, -0.1) is 0 Å². The molecular formula is C15H19NO4. The molecule has 2 fully saturated rings. The van der Waals surface area contributed by atoms with E-state index in [-0.39, 0.29) is 11.8 Å². The number of hydrogen-bond donors (Lipinski definition) is 0. The Hall–Kier alpha value is -1.59. The molecule has 20 heavy (non-hydrogen) atoms. The molecule has 0 saturated carbocycles. The van der Waals surface area contributed by atoms with Crippen LogP contribution in [0.15, 0.2) is 24.3 Å². The molecule has 1 spiro atoms. The van der Waals surface area contributed by atoms with Gasteiger partial charge in [-0.25, -0.2) is 4.79 Å². The van der Waals surface area contributed by atoms with Crippen LogP contribution < -0.4 is 4.90 Å². The summed E-state index contributed by atoms with van der Waals surface area (Å²) in [6.07, 6.45) is 1.71. The van der Waals surface area contributed by atoms with E-state index in [1.54, 1.807) is 6.07 Å². The number of ether oxygens (including phenoxy) is 3. The second kappa shape index (κ2) is 5.42. The van der Waals surface area contributed by atoms with Crippen LogP contribution in [0, 0.1) is 0 Å². The highest BCUT2D eigenvalue weighted by Gasteiger charge is 2.39. The predicted molar refractivity (Wildman–Crippen MR) is 73.9 cm³/mol. The zero-order chi connectivity index (χ0) is 14.0. The Bertz CT molecular complexity index is 486. The lowest BCUT2D eigenvalue weighted by Crippen LogP contribution is -2.45. The second-order valence-electron chi connectivity index (χ2n) is 5.14. The minimum Gasteiger partial charge on any atom is -0.465 e. The van der Waals surface area contributed by atoms with Crippen molar-refractivity contribution in [1.29, 1.82) is 0 Å². The molecule has 2 aliphatic heterocycles. The van der Waals surface area contributed by atoms with E-state index in [0.717, 1.165) is 31.6 Å². The number of rotatable bonds is 2. The molecule has 108 valence electrons. The molecule has 2 saturated heterocycles. The molecule has 2 heterocycles. The smallest absolute Gasteiger partial charge is 0.337 e. The summed E-state index contributed by atoms with van der Waals surface area (Å²) in [6.45, 7) is 3.12. The SMILES string of the molecule is COC(=O)c1cccc(N2CCC3(CC2)OCCO3)c1. The Morgan fingerprint density at radius 1 is 1.25 bits per heavy atom. The third-order valence-corrected chi connectivity index (χ3v) is 3.97. The number of methoxy groups -OCH3 is 1. The highest BCUT2D eigenvalue weighted by molar-refractivity contribution is 5.90. The summed E-state index contributed by atoms with van der Waals surface area (Å²) in [5, 5.41) is 0. The van der Waals surface area contributed by atoms with Crippen LogP contribution in [0.25, 0.3) is 0 Å². The van der Waals surface area contributed by atoms with Gasteiger partial charge >= 0.3 is 5.97 Å². The number of carbonyl (C=O) groups is 1. The maximum absolute atomic E-state index is 11.6. The number of nitrogens with zero attached hydrogens (tertiary/aromatic N) is 1. The number of benzene rings is 1. The number of anilines is 1. The van der Waals surface area contributed by atoms with Crippen molar-refractivity contribution in [2.75, 3.05) is 38.3 Å². The average molecular weight is 277 g/mol. The van der Waals surface area contributed by atoms with Gasteiger partial charge in [0.05, 0.1) is 25.9 Å². The predicted octanol–water partition coefficient (Wildman–Crippen LogP) is 1.82. The Morgan fingerprint density at radius 3 is 2.60 bits per heavy atom. The van der Waals surface area contributed by atoms with Crippen molar-refractivity contribution in [2.45, 2.75) is 18.6 Å². The first-order valence-corrected chi connectivity index (χ1v) is 6.94. The molecule has 0 radical (unpaired) electrons. The fourth-order valence-corrected chi connectivity index (χ4v) is 2.84. The molecule has 0 aliphatic carbocycles. The molecule has 3 rings (SSSR count). The first-order chi connectivity index (χ1) is 9.72. The summed E-state index contributed by atoms with van der Waals surface area (Å²) < 4.78 is 16.2. The number of carbonyl (C=O) groups excluding carboxylic acids is 1. The summed E-state index contributed by atoms with van der Waals surface area (Å²) in [6, 6.07) is 7.54. The molecule has 0 N–H and O–H groups in total. The lowest BCUT2D eigenvalue weighted by molar-refractivity contribution is -0.169. The molecule has 0 aromatic heterocycles. The van der Waals surface area contributed by atoms with Gasteiger partial charge in [0.1, 0.15) is 0 Å². The minimum atomic E-state index is -0.365. The highest BCUT2D eigenvalue weighted by atomic mass is 16.7. The third kappa shape index (κ3) is 2.51. The van der Waals surface area contributed by atoms with Crippen molar-refractivity contribution < 1.29 is 19.0 Å². The van der Waals surface area contributed by atoms with Crippen LogP contribution in [0.4, 0.5) is 5.69 Å². The molecular weight excluding hydrogens is 258 g/mol. The number of piperidine rings is 1. The Kier molecular flexibility index (Phi) is 3.63. The normalized spacial score (nSPS) is 21.1. The van der Waals surface area contributed by atoms with Crippen molar-refractivity contribution in [3.8, 4) is 0 Å². The highest BCUT2D eigenvalue weighted by Crippen LogP contribution is 2.33. The van der Waals surface area contributed by atoms with Crippen LogP contribution >= 0.6 is 0 Å². The molecule has 0 amide bonds. The summed E-state index contributed by atoms with van der Waals surface area (Å²) in [5.74, 6) is -0.668. The lowest BCUT2D eigenvalue weighted by Gasteiger charge is -2.38. The van der Waals surface area contributed by atoms with Crippen molar-refractivity contribution in [1.82, 2.24) is 0 Å². The van der Waals surface area contributed by atoms with E-state index in [9.17, 15) is 4.79 Å². The van der Waals surface area contributed by atoms with E-state index in [2.05, 4.69) is 4.90 Å². The van der Waals surface area contributed by atoms with Crippen molar-refractivity contribution in [2.24, 2.45) is 0 Å². The zero-order valence-corrected chi connectivity index (χ0v) is 11.6. The molecule has 0 unspecified atom stereocenters. The Balaban J connectivity index is 1.70. The topological polar surface area (TPSA) is 48.0 Å². The van der Waals surface area contributed by atoms with E-state index in [1.165, 1.54) is 7.11 Å². The van der Waals surface area contributed by atoms with Crippen molar-refractivity contribution in [3.63, 3.8) is 0 Å². The van der Waals surface area contributed by atoms with Crippen LogP contribution in [0.1, 0.15) is 23.2 Å². The lowest BCUT2D eigenvalue weighted by atomic mass is 10.0. The maximum Gasteiger partial charge on any atom is 0.337 e. The van der Waals surface area contributed by atoms with Gasteiger partial charge < -0.3 is 19.1 Å². The Morgan fingerprint density at radius 2 is 1.95 bits per heavy atom. The van der Waals surface area contributed by atoms with Crippen molar-refractivity contribution in [3.05, 3.63) is 29.8 Å². The number of hydrogen-bond acceptors (Lipinski definition) is 5. The van der Waals surface area contributed by atoms with Gasteiger partial charge in [0.25, 0.3) is 0 Å². The molecule has 0 atom stereocenters. The van der Waals surface area contributed by atoms with Gasteiger partial charge in [0.2, 0.25) is 0 Å². The standard InChI is InChI=1S/C15H19NO4/c1-18-14(17)12-3-2-4-13(11-12)16-7-5-15(6-8-16)19-9-10-20-15/h2-4,11H,5-10H2,1H3. The third-order valence-electron chi connectivity index (χ3n) is 3.97. The van der Waals surface area contributed by atoms with Gasteiger partial charge in [0.15, 0.2) is 5.79 Å². The maximum atomic E-state index is 11.6. The molecule has 2 aliphatic rings. The van der Waals surface area contributed by atoms with E-state index in [1.807, 2.05) is 18.2 Å². The van der Waals surface area contributed by atoms with E-state index >= 15 is 0 Å². The molecule has 5 heteroatoms. The van der Waals surface area contributed by atoms with Gasteiger partial charge in [0, 0.05) is 31.6 Å². The zero-order valence-electron chi connectivity index (χ0n) is 11.6. The monoisotopic (exact) mass is 277 g/mol. The van der Waals surface area contributed by atoms with Gasteiger partial charge in [-0.05, 0) is 18.2 Å². The fourth-order valence-electron chi connectivity index (χ4n) is 2.84. The molecule has 0 bridgehead atoms. The first-order valence-electron chi connectivity index (χ1n) is 6.94. The van der Waals surface area contributed by atoms with Gasteiger partial charge in [-0.2, -0.15) is 0 Å². The van der Waals surface area contributed by atoms with E-state index in [0.29, 0.717) is 18.8 Å². The molecule has 1 aromatic carbocycles. The number of esters is 1. The van der Waals surface area contributed by atoms with Crippen LogP contribution in [0.5, 0.6) is 0 Å². The van der Waals surface area contributed by atoms with Crippen molar-refractivity contribution >= 4 is 11.7 Å². The summed E-state index contributed by atoms with van der Waals surface area (Å²) in [5.41, 5.74) is 1.62. The van der Waals surface area contributed by atoms with Crippen LogP contribution in [-0.2, 0) is 14.2 Å². The van der Waals surface area contributed by atoms with Crippen LogP contribution in [-0.4, -0.2) is 45.2 Å². The van der Waals surface area contributed by atoms with E-state index < -0.39 is 0 Å². The summed E-state index contributed by atoms with van der Waals surface area (Å²) in [7, 11) is 1.40. The van der Waals surface area contributed by atoms with E-state index in [4.69, 9.17) is 14.2 Å². The minimum absolute atomic E-state index is 0.303. The van der Waals surface area contributed by atoms with Gasteiger partial charge in [-0.3, -0.25) is 0 Å². The molecule has 1 aromatic rings. The Labute approximate surface area is 118 Å². The second-order valence-corrected chi connectivity index (χ2v) is 5.14. The molecule has 5 nitrogen and oxygen atoms in total. The first kappa shape index (κ1) is 13.4. The largest absolute Gasteiger partial charge is 0.465 e.